The van der Waals surface area contributed by atoms with E-state index in [1.54, 1.807) is 18.2 Å². The molecule has 0 amide bonds. The number of hydrogen-bond donors (Lipinski definition) is 1. The lowest BCUT2D eigenvalue weighted by atomic mass is 10.2. The van der Waals surface area contributed by atoms with Crippen molar-refractivity contribution in [1.82, 2.24) is 10.2 Å². The summed E-state index contributed by atoms with van der Waals surface area (Å²) in [7, 11) is 0. The molecule has 18 heavy (non-hydrogen) atoms. The monoisotopic (exact) mass is 272 g/mol. The zero-order valence-electron chi connectivity index (χ0n) is 11.2. The number of nitrogens with one attached hydrogen (secondary N) is 1. The molecular weight excluding hydrogens is 251 g/mol. The second-order valence-electron chi connectivity index (χ2n) is 4.27. The van der Waals surface area contributed by atoms with E-state index in [0.717, 1.165) is 32.6 Å². The molecule has 1 aromatic rings. The first-order chi connectivity index (χ1) is 8.69. The molecule has 0 aliphatic heterocycles. The minimum atomic E-state index is -0.310. The van der Waals surface area contributed by atoms with Crippen molar-refractivity contribution in [3.05, 3.63) is 34.6 Å². The second-order valence-corrected chi connectivity index (χ2v) is 4.68. The summed E-state index contributed by atoms with van der Waals surface area (Å²) in [5.41, 5.74) is 0.630. The summed E-state index contributed by atoms with van der Waals surface area (Å²) in [6.45, 7) is 9.00. The molecule has 0 heterocycles. The highest BCUT2D eigenvalue weighted by molar-refractivity contribution is 6.30. The predicted octanol–water partition coefficient (Wildman–Crippen LogP) is 3.30. The maximum atomic E-state index is 13.6. The van der Waals surface area contributed by atoms with Crippen LogP contribution in [0.15, 0.2) is 18.2 Å². The summed E-state index contributed by atoms with van der Waals surface area (Å²) < 4.78 is 13.6. The Kier molecular flexibility index (Phi) is 7.25. The molecule has 1 rings (SSSR count). The third-order valence-electron chi connectivity index (χ3n) is 3.07. The Morgan fingerprint density at radius 1 is 1.28 bits per heavy atom. The Morgan fingerprint density at radius 3 is 2.67 bits per heavy atom. The molecule has 0 aliphatic carbocycles. The van der Waals surface area contributed by atoms with Crippen molar-refractivity contribution in [2.75, 3.05) is 26.2 Å². The van der Waals surface area contributed by atoms with Crippen molar-refractivity contribution < 1.29 is 4.39 Å². The molecule has 4 heteroatoms. The molecule has 0 aromatic heterocycles. The first kappa shape index (κ1) is 15.4. The quantitative estimate of drug-likeness (QED) is 0.731. The number of benzene rings is 1. The molecule has 102 valence electrons. The fourth-order valence-electron chi connectivity index (χ4n) is 1.88. The van der Waals surface area contributed by atoms with Gasteiger partial charge in [0.25, 0.3) is 0 Å². The van der Waals surface area contributed by atoms with Crippen LogP contribution in [-0.4, -0.2) is 31.1 Å². The average molecular weight is 273 g/mol. The maximum absolute atomic E-state index is 13.6. The van der Waals surface area contributed by atoms with Crippen molar-refractivity contribution in [1.29, 1.82) is 0 Å². The van der Waals surface area contributed by atoms with Crippen LogP contribution >= 0.6 is 11.6 Å². The molecule has 0 atom stereocenters. The smallest absolute Gasteiger partial charge is 0.146 e. The molecule has 0 spiro atoms. The van der Waals surface area contributed by atoms with Crippen molar-refractivity contribution in [3.63, 3.8) is 0 Å². The van der Waals surface area contributed by atoms with Gasteiger partial charge in [-0.1, -0.05) is 37.6 Å². The van der Waals surface area contributed by atoms with Gasteiger partial charge in [-0.3, -0.25) is 0 Å². The highest BCUT2D eigenvalue weighted by atomic mass is 35.5. The lowest BCUT2D eigenvalue weighted by Gasteiger charge is -2.17. The van der Waals surface area contributed by atoms with E-state index in [4.69, 9.17) is 11.6 Å². The molecule has 2 nitrogen and oxygen atoms in total. The molecule has 0 aliphatic rings. The van der Waals surface area contributed by atoms with E-state index in [-0.39, 0.29) is 10.8 Å². The standard InChI is InChI=1S/C14H22ClFN2/c1-3-18(4-2)10-6-9-17-11-12-7-5-8-13(15)14(12)16/h5,7-8,17H,3-4,6,9-11H2,1-2H3. The van der Waals surface area contributed by atoms with E-state index in [1.807, 2.05) is 0 Å². The van der Waals surface area contributed by atoms with Crippen LogP contribution in [0.5, 0.6) is 0 Å². The zero-order chi connectivity index (χ0) is 13.4. The van der Waals surface area contributed by atoms with Crippen LogP contribution in [0.4, 0.5) is 4.39 Å². The van der Waals surface area contributed by atoms with Crippen LogP contribution in [-0.2, 0) is 6.54 Å². The average Bonchev–Trinajstić information content (AvgIpc) is 2.38. The van der Waals surface area contributed by atoms with Crippen LogP contribution < -0.4 is 5.32 Å². The molecule has 1 N–H and O–H groups in total. The minimum absolute atomic E-state index is 0.192. The summed E-state index contributed by atoms with van der Waals surface area (Å²) >= 11 is 5.72. The third-order valence-corrected chi connectivity index (χ3v) is 3.36. The van der Waals surface area contributed by atoms with Crippen LogP contribution in [0.1, 0.15) is 25.8 Å². The fourth-order valence-corrected chi connectivity index (χ4v) is 2.07. The number of nitrogens with zero attached hydrogens (tertiary/aromatic N) is 1. The van der Waals surface area contributed by atoms with Gasteiger partial charge in [-0.15, -0.1) is 0 Å². The fraction of sp³-hybridized carbons (Fsp3) is 0.571. The number of rotatable bonds is 8. The summed E-state index contributed by atoms with van der Waals surface area (Å²) in [6.07, 6.45) is 1.07. The van der Waals surface area contributed by atoms with Crippen molar-refractivity contribution >= 4 is 11.6 Å². The second kappa shape index (κ2) is 8.46. The van der Waals surface area contributed by atoms with E-state index in [2.05, 4.69) is 24.1 Å². The van der Waals surface area contributed by atoms with Gasteiger partial charge in [-0.2, -0.15) is 0 Å². The Labute approximate surface area is 114 Å². The first-order valence-corrected chi connectivity index (χ1v) is 6.92. The molecule has 0 saturated heterocycles. The SMILES string of the molecule is CCN(CC)CCCNCc1cccc(Cl)c1F. The van der Waals surface area contributed by atoms with Gasteiger partial charge in [0.05, 0.1) is 5.02 Å². The van der Waals surface area contributed by atoms with Gasteiger partial charge in [0.2, 0.25) is 0 Å². The molecule has 0 unspecified atom stereocenters. The van der Waals surface area contributed by atoms with E-state index >= 15 is 0 Å². The lowest BCUT2D eigenvalue weighted by Crippen LogP contribution is -2.27. The molecular formula is C14H22ClFN2. The van der Waals surface area contributed by atoms with Gasteiger partial charge in [-0.05, 0) is 38.7 Å². The van der Waals surface area contributed by atoms with E-state index in [0.29, 0.717) is 12.1 Å². The topological polar surface area (TPSA) is 15.3 Å². The van der Waals surface area contributed by atoms with E-state index in [1.165, 1.54) is 0 Å². The van der Waals surface area contributed by atoms with Gasteiger partial charge < -0.3 is 10.2 Å². The van der Waals surface area contributed by atoms with E-state index < -0.39 is 0 Å². The van der Waals surface area contributed by atoms with Crippen LogP contribution in [0, 0.1) is 5.82 Å². The Bertz CT molecular complexity index is 354. The highest BCUT2D eigenvalue weighted by Crippen LogP contribution is 2.17. The summed E-state index contributed by atoms with van der Waals surface area (Å²) in [4.78, 5) is 2.38. The Hall–Kier alpha value is -0.640. The van der Waals surface area contributed by atoms with Gasteiger partial charge in [0.1, 0.15) is 5.82 Å². The summed E-state index contributed by atoms with van der Waals surface area (Å²) in [5.74, 6) is -0.310. The molecule has 1 aromatic carbocycles. The van der Waals surface area contributed by atoms with Crippen LogP contribution in [0.2, 0.25) is 5.02 Å². The molecule has 0 radical (unpaired) electrons. The molecule has 0 saturated carbocycles. The van der Waals surface area contributed by atoms with Gasteiger partial charge in [-0.25, -0.2) is 4.39 Å². The minimum Gasteiger partial charge on any atom is -0.313 e. The van der Waals surface area contributed by atoms with E-state index in [9.17, 15) is 4.39 Å². The van der Waals surface area contributed by atoms with Crippen molar-refractivity contribution in [2.45, 2.75) is 26.8 Å². The number of halogens is 2. The Morgan fingerprint density at radius 2 is 2.00 bits per heavy atom. The Balaban J connectivity index is 2.24. The predicted molar refractivity (Wildman–Crippen MR) is 75.5 cm³/mol. The summed E-state index contributed by atoms with van der Waals surface area (Å²) in [6, 6.07) is 5.11. The van der Waals surface area contributed by atoms with Crippen molar-refractivity contribution in [2.24, 2.45) is 0 Å². The van der Waals surface area contributed by atoms with Crippen LogP contribution in [0.25, 0.3) is 0 Å². The highest BCUT2D eigenvalue weighted by Gasteiger charge is 2.05. The largest absolute Gasteiger partial charge is 0.313 e. The van der Waals surface area contributed by atoms with Gasteiger partial charge >= 0.3 is 0 Å². The third kappa shape index (κ3) is 4.92. The number of hydrogen-bond acceptors (Lipinski definition) is 2. The molecule has 0 fully saturated rings. The lowest BCUT2D eigenvalue weighted by molar-refractivity contribution is 0.298. The van der Waals surface area contributed by atoms with Gasteiger partial charge in [0, 0.05) is 12.1 Å². The van der Waals surface area contributed by atoms with Gasteiger partial charge in [0.15, 0.2) is 0 Å². The normalized spacial score (nSPS) is 11.2. The maximum Gasteiger partial charge on any atom is 0.146 e. The van der Waals surface area contributed by atoms with Crippen molar-refractivity contribution in [3.8, 4) is 0 Å². The van der Waals surface area contributed by atoms with Crippen LogP contribution in [0.3, 0.4) is 0 Å². The first-order valence-electron chi connectivity index (χ1n) is 6.55. The zero-order valence-corrected chi connectivity index (χ0v) is 11.9. The molecule has 0 bridgehead atoms. The summed E-state index contributed by atoms with van der Waals surface area (Å²) in [5, 5.41) is 3.44.